The molecule has 26 valence electrons. The Balaban J connectivity index is 2.83. The molecule has 0 spiro atoms. The van der Waals surface area contributed by atoms with Crippen LogP contribution in [0.25, 0.3) is 0 Å². The summed E-state index contributed by atoms with van der Waals surface area (Å²) >= 11 is 0. The summed E-state index contributed by atoms with van der Waals surface area (Å²) in [6.07, 6.45) is 1.66. The topological polar surface area (TPSA) is 0 Å². The summed E-state index contributed by atoms with van der Waals surface area (Å²) in [4.78, 5) is 0. The van der Waals surface area contributed by atoms with Crippen LogP contribution in [0, 0.1) is 0 Å². The van der Waals surface area contributed by atoms with E-state index in [-0.39, 0.29) is 5.56 Å². The minimum atomic E-state index is 0.0648. The molecule has 2 heteroatoms. The quantitative estimate of drug-likeness (QED) is 0.247. The lowest BCUT2D eigenvalue weighted by Crippen LogP contribution is -1.84. The van der Waals surface area contributed by atoms with E-state index in [1.165, 1.54) is 0 Å². The third-order valence-electron chi connectivity index (χ3n) is 0.272. The number of hydrogen-bond acceptors (Lipinski definition) is 0. The van der Waals surface area contributed by atoms with Gasteiger partial charge in [-0.15, -0.1) is 15.8 Å². The molecule has 0 saturated heterocycles. The van der Waals surface area contributed by atoms with Crippen molar-refractivity contribution in [3.8, 4) is 0 Å². The molecule has 0 nitrogen and oxygen atoms in total. The molecule has 0 N–H and O–H groups in total. The first-order valence-corrected chi connectivity index (χ1v) is 2.07. The molecule has 0 aliphatic rings. The van der Waals surface area contributed by atoms with Crippen molar-refractivity contribution >= 4 is 17.1 Å². The largest absolute Gasteiger partial charge is 0.140 e. The first-order valence-electron chi connectivity index (χ1n) is 1.41. The van der Waals surface area contributed by atoms with Crippen LogP contribution >= 0.6 is 9.24 Å². The smallest absolute Gasteiger partial charge is 0.0812 e. The van der Waals surface area contributed by atoms with Crippen LogP contribution in [0.5, 0.6) is 0 Å². The van der Waals surface area contributed by atoms with Crippen molar-refractivity contribution in [2.75, 3.05) is 0 Å². The Morgan fingerprint density at radius 3 is 2.20 bits per heavy atom. The van der Waals surface area contributed by atoms with Crippen molar-refractivity contribution in [1.82, 2.24) is 0 Å². The molecule has 0 saturated carbocycles. The number of hydrogen-bond donors (Lipinski definition) is 0. The second-order valence-electron chi connectivity index (χ2n) is 0.813. The maximum Gasteiger partial charge on any atom is 0.0812 e. The Hall–Kier alpha value is 0.235. The zero-order valence-electron chi connectivity index (χ0n) is 3.02. The van der Waals surface area contributed by atoms with Crippen molar-refractivity contribution < 1.29 is 0 Å². The minimum Gasteiger partial charge on any atom is -0.140 e. The van der Waals surface area contributed by atoms with Crippen LogP contribution < -0.4 is 0 Å². The van der Waals surface area contributed by atoms with E-state index in [2.05, 4.69) is 15.8 Å². The summed E-state index contributed by atoms with van der Waals surface area (Å²) in [6.45, 7) is 3.41. The summed E-state index contributed by atoms with van der Waals surface area (Å²) in [5, 5.41) is 0. The normalized spacial score (nSPS) is 13.8. The molecule has 0 fully saturated rings. The maximum absolute atomic E-state index is 5.14. The highest BCUT2D eigenvalue weighted by molar-refractivity contribution is 7.21. The van der Waals surface area contributed by atoms with E-state index in [4.69, 9.17) is 7.85 Å². The molecule has 1 unspecified atom stereocenters. The van der Waals surface area contributed by atoms with E-state index in [9.17, 15) is 0 Å². The highest BCUT2D eigenvalue weighted by Crippen LogP contribution is 1.89. The molecule has 5 heavy (non-hydrogen) atoms. The lowest BCUT2D eigenvalue weighted by Gasteiger charge is -1.84. The van der Waals surface area contributed by atoms with Gasteiger partial charge in [-0.05, 0) is 5.56 Å². The van der Waals surface area contributed by atoms with Crippen LogP contribution in [0.15, 0.2) is 12.7 Å². The van der Waals surface area contributed by atoms with Gasteiger partial charge in [0.2, 0.25) is 0 Å². The van der Waals surface area contributed by atoms with Crippen molar-refractivity contribution in [2.24, 2.45) is 0 Å². The average Bonchev–Trinajstić information content (AvgIpc) is 1.38. The first-order chi connectivity index (χ1) is 2.27. The van der Waals surface area contributed by atoms with Crippen LogP contribution in [-0.2, 0) is 0 Å². The Bertz CT molecular complexity index is 33.9. The molecule has 0 heterocycles. The molecule has 0 bridgehead atoms. The van der Waals surface area contributed by atoms with Gasteiger partial charge >= 0.3 is 0 Å². The Morgan fingerprint density at radius 1 is 2.00 bits per heavy atom. The monoisotopic (exact) mass is 84.0 g/mol. The fourth-order valence-electron chi connectivity index (χ4n) is 0. The molecule has 0 aromatic heterocycles. The summed E-state index contributed by atoms with van der Waals surface area (Å²) < 4.78 is 0. The standard InChI is InChI=1S/C3H6BP/c1-2-3(4)5/h2-3H,1,5H2/t3-/m0/s1. The molecule has 0 aliphatic carbocycles. The highest BCUT2D eigenvalue weighted by Gasteiger charge is 1.74. The van der Waals surface area contributed by atoms with Gasteiger partial charge in [0, 0.05) is 0 Å². The van der Waals surface area contributed by atoms with Gasteiger partial charge in [-0.1, -0.05) is 6.08 Å². The van der Waals surface area contributed by atoms with Gasteiger partial charge in [-0.3, -0.25) is 0 Å². The maximum atomic E-state index is 5.14. The molecule has 0 rings (SSSR count). The SMILES string of the molecule is [B][C@@H](P)C=C. The lowest BCUT2D eigenvalue weighted by atomic mass is 10.1. The van der Waals surface area contributed by atoms with Gasteiger partial charge in [-0.25, -0.2) is 0 Å². The van der Waals surface area contributed by atoms with Crippen LogP contribution in [-0.4, -0.2) is 13.4 Å². The summed E-state index contributed by atoms with van der Waals surface area (Å²) in [6, 6.07) is 0. The first kappa shape index (κ1) is 5.23. The van der Waals surface area contributed by atoms with Gasteiger partial charge in [0.1, 0.15) is 0 Å². The van der Waals surface area contributed by atoms with Gasteiger partial charge < -0.3 is 0 Å². The van der Waals surface area contributed by atoms with E-state index < -0.39 is 0 Å². The lowest BCUT2D eigenvalue weighted by molar-refractivity contribution is 1.66. The van der Waals surface area contributed by atoms with Crippen LogP contribution in [0.1, 0.15) is 0 Å². The second-order valence-corrected chi connectivity index (χ2v) is 1.58. The summed E-state index contributed by atoms with van der Waals surface area (Å²) in [5.74, 6) is 0. The van der Waals surface area contributed by atoms with Crippen LogP contribution in [0.3, 0.4) is 0 Å². The third-order valence-corrected chi connectivity index (χ3v) is 0.544. The fraction of sp³-hybridized carbons (Fsp3) is 0.333. The van der Waals surface area contributed by atoms with Crippen molar-refractivity contribution in [3.05, 3.63) is 12.7 Å². The third kappa shape index (κ3) is 4.23. The number of rotatable bonds is 1. The second kappa shape index (κ2) is 2.47. The van der Waals surface area contributed by atoms with Crippen molar-refractivity contribution in [2.45, 2.75) is 5.56 Å². The van der Waals surface area contributed by atoms with Crippen LogP contribution in [0.4, 0.5) is 0 Å². The van der Waals surface area contributed by atoms with Crippen molar-refractivity contribution in [1.29, 1.82) is 0 Å². The Morgan fingerprint density at radius 2 is 2.20 bits per heavy atom. The molecule has 2 radical (unpaired) electrons. The summed E-state index contributed by atoms with van der Waals surface area (Å²) in [7, 11) is 7.53. The van der Waals surface area contributed by atoms with E-state index in [1.54, 1.807) is 6.08 Å². The molecule has 0 aliphatic heterocycles. The van der Waals surface area contributed by atoms with Gasteiger partial charge in [0.05, 0.1) is 7.85 Å². The Kier molecular flexibility index (Phi) is 2.59. The van der Waals surface area contributed by atoms with Gasteiger partial charge in [0.15, 0.2) is 0 Å². The molecule has 0 amide bonds. The predicted octanol–water partition coefficient (Wildman–Crippen LogP) is 0.542. The molecule has 2 atom stereocenters. The van der Waals surface area contributed by atoms with Crippen molar-refractivity contribution in [3.63, 3.8) is 0 Å². The van der Waals surface area contributed by atoms with Crippen LogP contribution in [0.2, 0.25) is 0 Å². The van der Waals surface area contributed by atoms with Gasteiger partial charge in [0.25, 0.3) is 0 Å². The predicted molar refractivity (Wildman–Crippen MR) is 29.4 cm³/mol. The Labute approximate surface area is 36.3 Å². The van der Waals surface area contributed by atoms with E-state index in [0.29, 0.717) is 0 Å². The fourth-order valence-corrected chi connectivity index (χ4v) is 0. The van der Waals surface area contributed by atoms with Gasteiger partial charge in [-0.2, -0.15) is 0 Å². The van der Waals surface area contributed by atoms with E-state index >= 15 is 0 Å². The molecular formula is C3H6BP. The molecule has 0 aromatic carbocycles. The average molecular weight is 83.9 g/mol. The minimum absolute atomic E-state index is 0.0648. The zero-order chi connectivity index (χ0) is 4.28. The molecule has 0 aromatic rings. The van der Waals surface area contributed by atoms with E-state index in [1.807, 2.05) is 0 Å². The summed E-state index contributed by atoms with van der Waals surface area (Å²) in [5.41, 5.74) is 0.0648. The molecular weight excluding hydrogens is 77.8 g/mol. The zero-order valence-corrected chi connectivity index (χ0v) is 4.17. The highest BCUT2D eigenvalue weighted by atomic mass is 31.0. The number of allylic oxidation sites excluding steroid dienone is 1. The van der Waals surface area contributed by atoms with E-state index in [0.717, 1.165) is 0 Å².